The molecule has 1 rings (SSSR count). The number of amides is 1. The highest BCUT2D eigenvalue weighted by atomic mass is 32.1. The van der Waals surface area contributed by atoms with Crippen LogP contribution in [-0.4, -0.2) is 38.5 Å². The molecular formula is C12H24N2O2S. The lowest BCUT2D eigenvalue weighted by Gasteiger charge is -2.51. The Bertz CT molecular complexity index is 285. The van der Waals surface area contributed by atoms with Crippen molar-refractivity contribution in [2.45, 2.75) is 69.8 Å². The van der Waals surface area contributed by atoms with E-state index in [1.807, 2.05) is 27.7 Å². The first-order valence-electron chi connectivity index (χ1n) is 6.04. The predicted molar refractivity (Wildman–Crippen MR) is 71.4 cm³/mol. The van der Waals surface area contributed by atoms with E-state index in [0.717, 1.165) is 12.8 Å². The van der Waals surface area contributed by atoms with Crippen molar-refractivity contribution in [1.29, 1.82) is 0 Å². The number of thiol groups is 1. The maximum atomic E-state index is 11.7. The van der Waals surface area contributed by atoms with Crippen molar-refractivity contribution in [2.75, 3.05) is 0 Å². The highest BCUT2D eigenvalue weighted by Crippen LogP contribution is 2.36. The molecule has 2 N–H and O–H groups in total. The minimum atomic E-state index is -0.334. The van der Waals surface area contributed by atoms with Crippen LogP contribution in [-0.2, 0) is 4.79 Å². The third-order valence-electron chi connectivity index (χ3n) is 3.36. The molecule has 17 heavy (non-hydrogen) atoms. The second-order valence-electron chi connectivity index (χ2n) is 6.23. The number of rotatable bonds is 2. The number of carbonyl (C=O) groups is 1. The van der Waals surface area contributed by atoms with Crippen molar-refractivity contribution < 1.29 is 10.0 Å². The van der Waals surface area contributed by atoms with Crippen molar-refractivity contribution in [2.24, 2.45) is 0 Å². The Kier molecular flexibility index (Phi) is 4.16. The van der Waals surface area contributed by atoms with Crippen LogP contribution in [0.25, 0.3) is 0 Å². The molecule has 0 aromatic rings. The summed E-state index contributed by atoms with van der Waals surface area (Å²) in [5.41, 5.74) is -0.668. The molecule has 1 aliphatic heterocycles. The summed E-state index contributed by atoms with van der Waals surface area (Å²) < 4.78 is 0. The van der Waals surface area contributed by atoms with E-state index in [2.05, 4.69) is 17.9 Å². The number of hydrogen-bond acceptors (Lipinski definition) is 4. The van der Waals surface area contributed by atoms with E-state index in [1.165, 1.54) is 5.06 Å². The lowest BCUT2D eigenvalue weighted by molar-refractivity contribution is -0.246. The lowest BCUT2D eigenvalue weighted by atomic mass is 9.79. The van der Waals surface area contributed by atoms with Crippen LogP contribution >= 0.6 is 12.6 Å². The highest BCUT2D eigenvalue weighted by Gasteiger charge is 2.45. The molecule has 1 amide bonds. The standard InChI is InChI=1S/C12H24N2O2S/c1-8(17)10(15)13-9-6-11(2,3)14(16)12(4,5)7-9/h8-9,16-17H,6-7H2,1-5H3,(H,13,15). The quantitative estimate of drug-likeness (QED) is 0.664. The second kappa shape index (κ2) is 4.78. The molecule has 1 aliphatic rings. The molecule has 0 aromatic heterocycles. The second-order valence-corrected chi connectivity index (χ2v) is 7.00. The summed E-state index contributed by atoms with van der Waals surface area (Å²) in [5, 5.41) is 14.2. The Labute approximate surface area is 109 Å². The highest BCUT2D eigenvalue weighted by molar-refractivity contribution is 7.81. The summed E-state index contributed by atoms with van der Waals surface area (Å²) in [6.45, 7) is 9.69. The van der Waals surface area contributed by atoms with Gasteiger partial charge in [0.1, 0.15) is 0 Å². The van der Waals surface area contributed by atoms with Crippen molar-refractivity contribution in [3.63, 3.8) is 0 Å². The SMILES string of the molecule is CC(S)C(=O)NC1CC(C)(C)N(O)C(C)(C)C1. The molecule has 1 fully saturated rings. The van der Waals surface area contributed by atoms with Gasteiger partial charge in [-0.05, 0) is 47.5 Å². The molecule has 0 bridgehead atoms. The smallest absolute Gasteiger partial charge is 0.232 e. The fourth-order valence-corrected chi connectivity index (χ4v) is 2.77. The van der Waals surface area contributed by atoms with Crippen LogP contribution in [0, 0.1) is 0 Å². The van der Waals surface area contributed by atoms with Gasteiger partial charge in [-0.3, -0.25) is 4.79 Å². The topological polar surface area (TPSA) is 52.6 Å². The molecule has 5 heteroatoms. The van der Waals surface area contributed by atoms with Crippen LogP contribution in [0.3, 0.4) is 0 Å². The van der Waals surface area contributed by atoms with Crippen LogP contribution in [0.1, 0.15) is 47.5 Å². The zero-order chi connectivity index (χ0) is 13.4. The molecule has 1 atom stereocenters. The lowest BCUT2D eigenvalue weighted by Crippen LogP contribution is -2.63. The first kappa shape index (κ1) is 14.8. The fourth-order valence-electron chi connectivity index (χ4n) is 2.69. The Morgan fingerprint density at radius 3 is 2.12 bits per heavy atom. The number of nitrogens with one attached hydrogen (secondary N) is 1. The largest absolute Gasteiger partial charge is 0.352 e. The third-order valence-corrected chi connectivity index (χ3v) is 3.60. The van der Waals surface area contributed by atoms with E-state index in [0.29, 0.717) is 0 Å². The maximum Gasteiger partial charge on any atom is 0.232 e. The maximum absolute atomic E-state index is 11.7. The zero-order valence-corrected chi connectivity index (χ0v) is 12.2. The number of nitrogens with zero attached hydrogens (tertiary/aromatic N) is 1. The van der Waals surface area contributed by atoms with Crippen LogP contribution in [0.15, 0.2) is 0 Å². The molecule has 4 nitrogen and oxygen atoms in total. The van der Waals surface area contributed by atoms with Crippen LogP contribution < -0.4 is 5.32 Å². The minimum Gasteiger partial charge on any atom is -0.352 e. The van der Waals surface area contributed by atoms with Gasteiger partial charge in [-0.15, -0.1) is 0 Å². The number of carbonyl (C=O) groups excluding carboxylic acids is 1. The van der Waals surface area contributed by atoms with Gasteiger partial charge in [0.2, 0.25) is 5.91 Å². The van der Waals surface area contributed by atoms with Crippen LogP contribution in [0.4, 0.5) is 0 Å². The first-order chi connectivity index (χ1) is 7.56. The molecular weight excluding hydrogens is 236 g/mol. The normalized spacial score (nSPS) is 26.5. The third kappa shape index (κ3) is 3.36. The summed E-state index contributed by atoms with van der Waals surface area (Å²) in [6, 6.07) is 0.0884. The average Bonchev–Trinajstić information content (AvgIpc) is 2.12. The van der Waals surface area contributed by atoms with Crippen molar-refractivity contribution in [3.8, 4) is 0 Å². The molecule has 1 saturated heterocycles. The number of hydrogen-bond donors (Lipinski definition) is 3. The van der Waals surface area contributed by atoms with Gasteiger partial charge in [-0.2, -0.15) is 17.7 Å². The van der Waals surface area contributed by atoms with Crippen molar-refractivity contribution in [1.82, 2.24) is 10.4 Å². The molecule has 0 aromatic carbocycles. The van der Waals surface area contributed by atoms with E-state index in [4.69, 9.17) is 0 Å². The summed E-state index contributed by atoms with van der Waals surface area (Å²) >= 11 is 4.13. The number of hydroxylamine groups is 2. The Morgan fingerprint density at radius 2 is 1.76 bits per heavy atom. The molecule has 1 unspecified atom stereocenters. The predicted octanol–water partition coefficient (Wildman–Crippen LogP) is 1.83. The zero-order valence-electron chi connectivity index (χ0n) is 11.3. The van der Waals surface area contributed by atoms with Gasteiger partial charge < -0.3 is 10.5 Å². The molecule has 0 spiro atoms. The van der Waals surface area contributed by atoms with Gasteiger partial charge in [0, 0.05) is 17.1 Å². The van der Waals surface area contributed by atoms with E-state index >= 15 is 0 Å². The summed E-state index contributed by atoms with van der Waals surface area (Å²) in [6.07, 6.45) is 1.47. The average molecular weight is 260 g/mol. The molecule has 0 radical (unpaired) electrons. The van der Waals surface area contributed by atoms with Gasteiger partial charge >= 0.3 is 0 Å². The van der Waals surface area contributed by atoms with Gasteiger partial charge in [0.05, 0.1) is 5.25 Å². The van der Waals surface area contributed by atoms with E-state index in [-0.39, 0.29) is 28.3 Å². The Hall–Kier alpha value is -0.260. The van der Waals surface area contributed by atoms with Crippen molar-refractivity contribution in [3.05, 3.63) is 0 Å². The number of piperidine rings is 1. The summed E-state index contributed by atoms with van der Waals surface area (Å²) in [4.78, 5) is 11.7. The monoisotopic (exact) mass is 260 g/mol. The summed E-state index contributed by atoms with van der Waals surface area (Å²) in [5.74, 6) is -0.0451. The molecule has 0 saturated carbocycles. The Balaban J connectivity index is 2.75. The van der Waals surface area contributed by atoms with Crippen molar-refractivity contribution >= 4 is 18.5 Å². The van der Waals surface area contributed by atoms with E-state index in [1.54, 1.807) is 6.92 Å². The van der Waals surface area contributed by atoms with Gasteiger partial charge in [-0.1, -0.05) is 0 Å². The Morgan fingerprint density at radius 1 is 1.35 bits per heavy atom. The minimum absolute atomic E-state index is 0.0451. The van der Waals surface area contributed by atoms with Gasteiger partial charge in [0.15, 0.2) is 0 Å². The molecule has 1 heterocycles. The molecule has 0 aliphatic carbocycles. The van der Waals surface area contributed by atoms with Gasteiger partial charge in [-0.25, -0.2) is 0 Å². The van der Waals surface area contributed by atoms with Crippen LogP contribution in [0.2, 0.25) is 0 Å². The first-order valence-corrected chi connectivity index (χ1v) is 6.55. The summed E-state index contributed by atoms with van der Waals surface area (Å²) in [7, 11) is 0. The fraction of sp³-hybridized carbons (Fsp3) is 0.917. The van der Waals surface area contributed by atoms with E-state index in [9.17, 15) is 10.0 Å². The van der Waals surface area contributed by atoms with Gasteiger partial charge in [0.25, 0.3) is 0 Å². The molecule has 100 valence electrons. The van der Waals surface area contributed by atoms with E-state index < -0.39 is 0 Å². The van der Waals surface area contributed by atoms with Crippen LogP contribution in [0.5, 0.6) is 0 Å².